The van der Waals surface area contributed by atoms with Crippen LogP contribution < -0.4 is 0 Å². The molecule has 0 heterocycles. The minimum atomic E-state index is -2.17. The Morgan fingerprint density at radius 3 is 0.879 bits per heavy atom. The van der Waals surface area contributed by atoms with Gasteiger partial charge >= 0.3 is 26.2 Å². The third kappa shape index (κ3) is 9.94. The van der Waals surface area contributed by atoms with Gasteiger partial charge in [0.25, 0.3) is 0 Å². The zero-order valence-corrected chi connectivity index (χ0v) is 18.6. The summed E-state index contributed by atoms with van der Waals surface area (Å²) in [6.07, 6.45) is 20.0. The first-order chi connectivity index (χ1) is 15.1. The predicted octanol–water partition coefficient (Wildman–Crippen LogP) is 6.97. The minimum Gasteiger partial charge on any atom is -0.278 e. The maximum absolute atomic E-state index is 12.0. The van der Waals surface area contributed by atoms with Crippen molar-refractivity contribution in [3.63, 3.8) is 0 Å². The molecule has 0 nitrogen and oxygen atoms in total. The van der Waals surface area contributed by atoms with E-state index in [1.807, 2.05) is 24.3 Å². The van der Waals surface area contributed by atoms with E-state index in [0.717, 1.165) is 25.0 Å². The molecule has 33 heavy (non-hydrogen) atoms. The largest absolute Gasteiger partial charge is 4.00 e. The molecule has 0 unspecified atom stereocenters. The van der Waals surface area contributed by atoms with Crippen LogP contribution in [0.25, 0.3) is 0 Å². The van der Waals surface area contributed by atoms with Crippen LogP contribution in [0.4, 0.5) is 43.9 Å². The van der Waals surface area contributed by atoms with Gasteiger partial charge in [0.15, 0.2) is 0 Å². The van der Waals surface area contributed by atoms with Crippen molar-refractivity contribution < 1.29 is 70.1 Å². The van der Waals surface area contributed by atoms with Gasteiger partial charge in [0.2, 0.25) is 0 Å². The van der Waals surface area contributed by atoms with Gasteiger partial charge in [0, 0.05) is 0 Å². The van der Waals surface area contributed by atoms with E-state index in [1.54, 1.807) is 0 Å². The van der Waals surface area contributed by atoms with Crippen molar-refractivity contribution in [2.75, 3.05) is 0 Å². The van der Waals surface area contributed by atoms with Crippen molar-refractivity contribution in [2.45, 2.75) is 12.8 Å². The maximum Gasteiger partial charge on any atom is 4.00 e. The topological polar surface area (TPSA) is 0 Å². The van der Waals surface area contributed by atoms with Gasteiger partial charge in [-0.25, -0.2) is 50.6 Å². The van der Waals surface area contributed by atoms with Crippen molar-refractivity contribution in [3.8, 4) is 0 Å². The molecule has 172 valence electrons. The van der Waals surface area contributed by atoms with E-state index in [-0.39, 0.29) is 26.2 Å². The molecule has 2 aromatic rings. The van der Waals surface area contributed by atoms with Crippen molar-refractivity contribution in [1.82, 2.24) is 0 Å². The Kier molecular flexibility index (Phi) is 14.3. The fourth-order valence-electron chi connectivity index (χ4n) is 1.67. The molecule has 2 aromatic carbocycles. The van der Waals surface area contributed by atoms with Crippen LogP contribution >= 0.6 is 0 Å². The molecule has 0 bridgehead atoms. The number of benzene rings is 2. The van der Waals surface area contributed by atoms with Crippen LogP contribution in [0.15, 0.2) is 36.5 Å². The first kappa shape index (κ1) is 30.6. The summed E-state index contributed by atoms with van der Waals surface area (Å²) in [5.74, 6) is -20.1. The van der Waals surface area contributed by atoms with Gasteiger partial charge in [-0.15, -0.1) is 25.0 Å². The summed E-state index contributed by atoms with van der Waals surface area (Å²) >= 11 is 0. The molecular weight excluding hydrogens is 545 g/mol. The smallest absolute Gasteiger partial charge is 0.278 e. The van der Waals surface area contributed by atoms with Crippen LogP contribution in [0, 0.1) is 82.5 Å². The van der Waals surface area contributed by atoms with E-state index in [4.69, 9.17) is 0 Å². The third-order valence-electron chi connectivity index (χ3n) is 3.15. The van der Waals surface area contributed by atoms with E-state index in [9.17, 15) is 43.9 Å². The fourth-order valence-corrected chi connectivity index (χ4v) is 1.67. The molecule has 0 spiro atoms. The molecule has 0 amide bonds. The van der Waals surface area contributed by atoms with E-state index >= 15 is 0 Å². The van der Waals surface area contributed by atoms with Crippen LogP contribution in [0.5, 0.6) is 0 Å². The standard InChI is InChI=1S/2C6F5.2C5H5.Zr/c2*7-2-1-3(8)5(10)6(11)4(2)9;2*1-2-4-5-3-1;/h;;2*1-3H,4H2;/q4*-1;+4. The number of allylic oxidation sites excluding steroid dienone is 8. The average molecular weight is 556 g/mol. The summed E-state index contributed by atoms with van der Waals surface area (Å²) < 4.78 is 120. The van der Waals surface area contributed by atoms with E-state index < -0.39 is 58.2 Å². The SMILES string of the molecule is Fc1[c-]c(F)c(F)c(F)c1F.Fc1[c-]c(F)c(F)c(F)c1F.[C-]1=CC=CC1.[C-]1=CC=CC1.[Zr+4]. The second kappa shape index (κ2) is 15.4. The number of halogens is 10. The van der Waals surface area contributed by atoms with Crippen LogP contribution in [0.1, 0.15) is 12.8 Å². The van der Waals surface area contributed by atoms with Crippen LogP contribution in [0.2, 0.25) is 0 Å². The zero-order chi connectivity index (χ0) is 24.3. The first-order valence-electron chi connectivity index (χ1n) is 8.32. The van der Waals surface area contributed by atoms with Gasteiger partial charge in [-0.05, 0) is 0 Å². The molecule has 0 saturated heterocycles. The minimum absolute atomic E-state index is 0. The van der Waals surface area contributed by atoms with Crippen molar-refractivity contribution in [2.24, 2.45) is 0 Å². The Labute approximate surface area is 201 Å². The Morgan fingerprint density at radius 1 is 0.455 bits per heavy atom. The molecule has 2 aliphatic carbocycles. The number of hydrogen-bond acceptors (Lipinski definition) is 0. The third-order valence-corrected chi connectivity index (χ3v) is 3.15. The van der Waals surface area contributed by atoms with Crippen molar-refractivity contribution in [3.05, 3.63) is 119 Å². The van der Waals surface area contributed by atoms with Crippen molar-refractivity contribution in [1.29, 1.82) is 0 Å². The average Bonchev–Trinajstić information content (AvgIpc) is 3.53. The second-order valence-electron chi connectivity index (χ2n) is 5.40. The van der Waals surface area contributed by atoms with Crippen LogP contribution in [-0.4, -0.2) is 0 Å². The van der Waals surface area contributed by atoms with Gasteiger partial charge in [0.1, 0.15) is 0 Å². The predicted molar refractivity (Wildman–Crippen MR) is 93.3 cm³/mol. The van der Waals surface area contributed by atoms with Gasteiger partial charge in [0.05, 0.1) is 58.2 Å². The molecule has 0 saturated carbocycles. The summed E-state index contributed by atoms with van der Waals surface area (Å²) in [4.78, 5) is 0. The van der Waals surface area contributed by atoms with E-state index in [1.165, 1.54) is 0 Å². The maximum atomic E-state index is 12.0. The summed E-state index contributed by atoms with van der Waals surface area (Å²) in [6.45, 7) is 0. The molecule has 4 rings (SSSR count). The van der Waals surface area contributed by atoms with Gasteiger partial charge in [-0.3, -0.25) is 29.7 Å². The first-order valence-corrected chi connectivity index (χ1v) is 8.32. The van der Waals surface area contributed by atoms with Crippen LogP contribution in [-0.2, 0) is 26.2 Å². The molecule has 2 aliphatic rings. The molecule has 0 aromatic heterocycles. The molecule has 0 aliphatic heterocycles. The van der Waals surface area contributed by atoms with Crippen LogP contribution in [0.3, 0.4) is 0 Å². The quantitative estimate of drug-likeness (QED) is 0.143. The van der Waals surface area contributed by atoms with E-state index in [2.05, 4.69) is 24.3 Å². The summed E-state index contributed by atoms with van der Waals surface area (Å²) in [6, 6.07) is 2.05. The zero-order valence-electron chi connectivity index (χ0n) is 16.2. The Bertz CT molecular complexity index is 886. The Balaban J connectivity index is 0.000000434. The summed E-state index contributed by atoms with van der Waals surface area (Å²) in [5, 5.41) is 0. The molecular formula is C22H10F10Zr. The van der Waals surface area contributed by atoms with Gasteiger partial charge < -0.3 is 0 Å². The molecule has 11 heteroatoms. The second-order valence-corrected chi connectivity index (χ2v) is 5.40. The number of hydrogen-bond donors (Lipinski definition) is 0. The van der Waals surface area contributed by atoms with Crippen molar-refractivity contribution >= 4 is 0 Å². The summed E-state index contributed by atoms with van der Waals surface area (Å²) in [7, 11) is 0. The van der Waals surface area contributed by atoms with Gasteiger partial charge in [-0.1, -0.05) is 0 Å². The Hall–Kier alpha value is -2.42. The molecule has 0 radical (unpaired) electrons. The molecule has 0 atom stereocenters. The monoisotopic (exact) mass is 554 g/mol. The fraction of sp³-hybridized carbons (Fsp3) is 0.0909. The van der Waals surface area contributed by atoms with E-state index in [0.29, 0.717) is 0 Å². The Morgan fingerprint density at radius 2 is 0.727 bits per heavy atom. The normalized spacial score (nSPS) is 12.2. The van der Waals surface area contributed by atoms with Gasteiger partial charge in [-0.2, -0.15) is 12.2 Å². The molecule has 0 fully saturated rings. The summed E-state index contributed by atoms with van der Waals surface area (Å²) in [5.41, 5.74) is 0. The molecule has 0 N–H and O–H groups in total. The number of rotatable bonds is 0.